The van der Waals surface area contributed by atoms with Gasteiger partial charge in [-0.15, -0.1) is 23.7 Å². The minimum absolute atomic E-state index is 0. The number of thiophene rings is 1. The summed E-state index contributed by atoms with van der Waals surface area (Å²) in [5.74, 6) is 1.56. The van der Waals surface area contributed by atoms with Crippen LogP contribution in [0.15, 0.2) is 12.1 Å². The number of hydrogen-bond acceptors (Lipinski definition) is 3. The zero-order valence-electron chi connectivity index (χ0n) is 9.45. The number of carbonyl (C=O) groups is 1. The maximum Gasteiger partial charge on any atom is 0.261 e. The molecule has 1 saturated carbocycles. The summed E-state index contributed by atoms with van der Waals surface area (Å²) in [7, 11) is 1.86. The van der Waals surface area contributed by atoms with E-state index in [0.717, 1.165) is 22.3 Å². The van der Waals surface area contributed by atoms with Crippen molar-refractivity contribution in [3.63, 3.8) is 0 Å². The number of halogens is 1. The Morgan fingerprint density at radius 3 is 2.75 bits per heavy atom. The summed E-state index contributed by atoms with van der Waals surface area (Å²) >= 11 is 1.49. The number of hydrogen-bond donors (Lipinski definition) is 2. The molecule has 1 aliphatic carbocycles. The zero-order valence-corrected chi connectivity index (χ0v) is 11.1. The van der Waals surface area contributed by atoms with E-state index in [1.807, 2.05) is 19.2 Å². The van der Waals surface area contributed by atoms with Crippen LogP contribution in [0.3, 0.4) is 0 Å². The third kappa shape index (κ3) is 3.12. The van der Waals surface area contributed by atoms with Crippen LogP contribution in [0, 0.1) is 11.8 Å². The van der Waals surface area contributed by atoms with Crippen molar-refractivity contribution < 1.29 is 4.79 Å². The Labute approximate surface area is 106 Å². The fourth-order valence-electron chi connectivity index (χ4n) is 1.59. The fraction of sp³-hybridized carbons (Fsp3) is 0.545. The highest BCUT2D eigenvalue weighted by molar-refractivity contribution is 7.17. The van der Waals surface area contributed by atoms with Crippen LogP contribution in [-0.4, -0.2) is 19.5 Å². The van der Waals surface area contributed by atoms with Gasteiger partial charge in [-0.1, -0.05) is 6.92 Å². The molecule has 0 saturated heterocycles. The van der Waals surface area contributed by atoms with E-state index in [9.17, 15) is 4.79 Å². The molecular weight excluding hydrogens is 244 g/mol. The maximum atomic E-state index is 11.7. The van der Waals surface area contributed by atoms with Gasteiger partial charge in [0.25, 0.3) is 5.91 Å². The molecule has 0 spiro atoms. The molecule has 1 aliphatic rings. The number of carbonyl (C=O) groups excluding carboxylic acids is 1. The van der Waals surface area contributed by atoms with E-state index in [1.165, 1.54) is 17.8 Å². The van der Waals surface area contributed by atoms with Crippen molar-refractivity contribution in [1.29, 1.82) is 0 Å². The number of amides is 1. The second-order valence-corrected chi connectivity index (χ2v) is 5.18. The van der Waals surface area contributed by atoms with Crippen molar-refractivity contribution in [2.24, 2.45) is 11.8 Å². The molecule has 3 nitrogen and oxygen atoms in total. The van der Waals surface area contributed by atoms with Crippen LogP contribution in [0.1, 0.15) is 23.0 Å². The van der Waals surface area contributed by atoms with Crippen LogP contribution in [0.5, 0.6) is 0 Å². The van der Waals surface area contributed by atoms with Gasteiger partial charge in [-0.2, -0.15) is 0 Å². The molecule has 1 amide bonds. The largest absolute Gasteiger partial charge is 0.380 e. The lowest BCUT2D eigenvalue weighted by molar-refractivity contribution is 0.0955. The molecule has 1 heterocycles. The van der Waals surface area contributed by atoms with Gasteiger partial charge in [-0.3, -0.25) is 4.79 Å². The smallest absolute Gasteiger partial charge is 0.261 e. The third-order valence-corrected chi connectivity index (χ3v) is 3.98. The summed E-state index contributed by atoms with van der Waals surface area (Å²) < 4.78 is 0. The lowest BCUT2D eigenvalue weighted by Crippen LogP contribution is -2.24. The van der Waals surface area contributed by atoms with Crippen molar-refractivity contribution in [3.05, 3.63) is 17.0 Å². The normalized spacial score (nSPS) is 22.1. The number of rotatable bonds is 4. The van der Waals surface area contributed by atoms with Gasteiger partial charge in [0.2, 0.25) is 0 Å². The Kier molecular flexibility index (Phi) is 4.62. The second kappa shape index (κ2) is 5.55. The number of anilines is 1. The monoisotopic (exact) mass is 260 g/mol. The summed E-state index contributed by atoms with van der Waals surface area (Å²) in [5.41, 5.74) is 0. The molecule has 2 atom stereocenters. The van der Waals surface area contributed by atoms with Crippen LogP contribution in [-0.2, 0) is 0 Å². The first kappa shape index (κ1) is 13.3. The molecule has 1 fully saturated rings. The molecule has 0 aliphatic heterocycles. The van der Waals surface area contributed by atoms with E-state index in [1.54, 1.807) is 0 Å². The van der Waals surface area contributed by atoms with Gasteiger partial charge in [0.15, 0.2) is 0 Å². The van der Waals surface area contributed by atoms with Crippen LogP contribution in [0.4, 0.5) is 5.00 Å². The van der Waals surface area contributed by atoms with E-state index >= 15 is 0 Å². The van der Waals surface area contributed by atoms with Crippen LogP contribution >= 0.6 is 23.7 Å². The Hall–Kier alpha value is -0.740. The first-order valence-corrected chi connectivity index (χ1v) is 6.08. The molecule has 90 valence electrons. The Morgan fingerprint density at radius 1 is 1.56 bits per heavy atom. The summed E-state index contributed by atoms with van der Waals surface area (Å²) in [6.45, 7) is 3.05. The van der Waals surface area contributed by atoms with Gasteiger partial charge < -0.3 is 10.6 Å². The first-order chi connectivity index (χ1) is 7.20. The van der Waals surface area contributed by atoms with E-state index in [0.29, 0.717) is 5.92 Å². The van der Waals surface area contributed by atoms with Crippen LogP contribution in [0.2, 0.25) is 0 Å². The third-order valence-electron chi connectivity index (χ3n) is 2.88. The van der Waals surface area contributed by atoms with Gasteiger partial charge >= 0.3 is 0 Å². The molecule has 16 heavy (non-hydrogen) atoms. The van der Waals surface area contributed by atoms with E-state index in [4.69, 9.17) is 0 Å². The van der Waals surface area contributed by atoms with E-state index in [-0.39, 0.29) is 18.3 Å². The number of nitrogens with one attached hydrogen (secondary N) is 2. The molecule has 1 aromatic heterocycles. The quantitative estimate of drug-likeness (QED) is 0.874. The van der Waals surface area contributed by atoms with Gasteiger partial charge in [0.1, 0.15) is 0 Å². The van der Waals surface area contributed by atoms with Crippen molar-refractivity contribution in [3.8, 4) is 0 Å². The minimum Gasteiger partial charge on any atom is -0.380 e. The highest BCUT2D eigenvalue weighted by Crippen LogP contribution is 2.36. The molecule has 0 radical (unpaired) electrons. The molecule has 0 aromatic carbocycles. The van der Waals surface area contributed by atoms with Crippen LogP contribution in [0.25, 0.3) is 0 Å². The first-order valence-electron chi connectivity index (χ1n) is 5.26. The predicted molar refractivity (Wildman–Crippen MR) is 70.7 cm³/mol. The lowest BCUT2D eigenvalue weighted by Gasteiger charge is -2.01. The molecule has 5 heteroatoms. The summed E-state index contributed by atoms with van der Waals surface area (Å²) in [6, 6.07) is 3.79. The van der Waals surface area contributed by atoms with E-state index < -0.39 is 0 Å². The Balaban J connectivity index is 0.00000128. The minimum atomic E-state index is 0. The molecule has 1 aromatic rings. The van der Waals surface area contributed by atoms with Gasteiger partial charge in [0, 0.05) is 13.6 Å². The lowest BCUT2D eigenvalue weighted by atomic mass is 10.3. The predicted octanol–water partition coefficient (Wildman–Crippen LogP) is 2.60. The highest BCUT2D eigenvalue weighted by atomic mass is 35.5. The Bertz CT molecular complexity index is 367. The van der Waals surface area contributed by atoms with Gasteiger partial charge in [-0.25, -0.2) is 0 Å². The maximum absolute atomic E-state index is 11.7. The second-order valence-electron chi connectivity index (χ2n) is 4.10. The van der Waals surface area contributed by atoms with E-state index in [2.05, 4.69) is 17.6 Å². The summed E-state index contributed by atoms with van der Waals surface area (Å²) in [4.78, 5) is 12.5. The highest BCUT2D eigenvalue weighted by Gasteiger charge is 2.32. The van der Waals surface area contributed by atoms with Crippen molar-refractivity contribution >= 4 is 34.7 Å². The van der Waals surface area contributed by atoms with Crippen molar-refractivity contribution in [1.82, 2.24) is 5.32 Å². The molecule has 0 bridgehead atoms. The fourth-order valence-corrected chi connectivity index (χ4v) is 2.36. The van der Waals surface area contributed by atoms with Crippen molar-refractivity contribution in [2.45, 2.75) is 13.3 Å². The average Bonchev–Trinajstić information content (AvgIpc) is 2.78. The average molecular weight is 261 g/mol. The van der Waals surface area contributed by atoms with Crippen molar-refractivity contribution in [2.75, 3.05) is 18.9 Å². The molecular formula is C11H17ClN2OS. The Morgan fingerprint density at radius 2 is 2.25 bits per heavy atom. The van der Waals surface area contributed by atoms with Gasteiger partial charge in [0.05, 0.1) is 9.88 Å². The molecule has 2 N–H and O–H groups in total. The SMILES string of the molecule is CNc1ccc(C(=O)NCC2CC2C)s1.Cl. The standard InChI is InChI=1S/C11H16N2OS.ClH/c1-7-5-8(7)6-13-11(14)9-3-4-10(12-2)15-9;/h3-4,7-8,12H,5-6H2,1-2H3,(H,13,14);1H. The van der Waals surface area contributed by atoms with Crippen LogP contribution < -0.4 is 10.6 Å². The summed E-state index contributed by atoms with van der Waals surface area (Å²) in [5, 5.41) is 7.03. The zero-order chi connectivity index (χ0) is 10.8. The van der Waals surface area contributed by atoms with Gasteiger partial charge in [-0.05, 0) is 30.4 Å². The summed E-state index contributed by atoms with van der Waals surface area (Å²) in [6.07, 6.45) is 1.26. The molecule has 2 rings (SSSR count). The molecule has 2 unspecified atom stereocenters. The topological polar surface area (TPSA) is 41.1 Å².